The molecular weight excluding hydrogens is 315 g/mol. The first-order chi connectivity index (χ1) is 11.1. The fourth-order valence-electron chi connectivity index (χ4n) is 2.75. The van der Waals surface area contributed by atoms with Crippen molar-refractivity contribution in [1.29, 1.82) is 0 Å². The van der Waals surface area contributed by atoms with E-state index in [9.17, 15) is 9.18 Å². The number of amides is 1. The molecule has 122 valence electrons. The van der Waals surface area contributed by atoms with Crippen LogP contribution >= 0.6 is 11.3 Å². The van der Waals surface area contributed by atoms with E-state index >= 15 is 0 Å². The summed E-state index contributed by atoms with van der Waals surface area (Å²) >= 11 is 1.43. The van der Waals surface area contributed by atoms with Gasteiger partial charge in [-0.25, -0.2) is 9.37 Å². The number of benzene rings is 1. The summed E-state index contributed by atoms with van der Waals surface area (Å²) in [6, 6.07) is 6.59. The normalized spacial score (nSPS) is 18.8. The molecule has 1 unspecified atom stereocenters. The number of piperazine rings is 1. The van der Waals surface area contributed by atoms with Crippen LogP contribution in [0.1, 0.15) is 11.6 Å². The number of hydrogen-bond donors (Lipinski definition) is 1. The Bertz CT molecular complexity index is 664. The van der Waals surface area contributed by atoms with Gasteiger partial charge in [0, 0.05) is 44.3 Å². The SMILES string of the molecule is CN(C(=O)CN1CCNCC1c1cccc(F)c1)c1nccs1. The van der Waals surface area contributed by atoms with Crippen molar-refractivity contribution >= 4 is 22.4 Å². The summed E-state index contributed by atoms with van der Waals surface area (Å²) in [4.78, 5) is 20.3. The Hall–Kier alpha value is -1.83. The maximum atomic E-state index is 13.5. The van der Waals surface area contributed by atoms with Gasteiger partial charge >= 0.3 is 0 Å². The third-order valence-corrected chi connectivity index (χ3v) is 4.85. The van der Waals surface area contributed by atoms with Crippen LogP contribution in [0.2, 0.25) is 0 Å². The zero-order chi connectivity index (χ0) is 16.2. The highest BCUT2D eigenvalue weighted by Gasteiger charge is 2.27. The molecule has 1 aliphatic heterocycles. The molecule has 1 atom stereocenters. The summed E-state index contributed by atoms with van der Waals surface area (Å²) in [5.41, 5.74) is 0.891. The Balaban J connectivity index is 1.73. The molecule has 0 saturated carbocycles. The van der Waals surface area contributed by atoms with Crippen LogP contribution in [-0.4, -0.2) is 49.0 Å². The predicted octanol–water partition coefficient (Wildman–Crippen LogP) is 1.89. The van der Waals surface area contributed by atoms with E-state index in [0.29, 0.717) is 18.2 Å². The number of nitrogens with one attached hydrogen (secondary N) is 1. The number of nitrogens with zero attached hydrogens (tertiary/aromatic N) is 3. The minimum Gasteiger partial charge on any atom is -0.314 e. The van der Waals surface area contributed by atoms with E-state index in [1.54, 1.807) is 30.3 Å². The van der Waals surface area contributed by atoms with E-state index in [2.05, 4.69) is 15.2 Å². The van der Waals surface area contributed by atoms with Gasteiger partial charge in [-0.05, 0) is 17.7 Å². The molecule has 1 aromatic carbocycles. The standard InChI is InChI=1S/C16H19FN4OS/c1-20(16-19-6-8-23-16)15(22)11-21-7-5-18-10-14(21)12-3-2-4-13(17)9-12/h2-4,6,8-9,14,18H,5,7,10-11H2,1H3. The number of halogens is 1. The van der Waals surface area contributed by atoms with Crippen LogP contribution in [0.25, 0.3) is 0 Å². The van der Waals surface area contributed by atoms with Crippen molar-refractivity contribution in [1.82, 2.24) is 15.2 Å². The van der Waals surface area contributed by atoms with Crippen molar-refractivity contribution in [2.24, 2.45) is 0 Å². The summed E-state index contributed by atoms with van der Waals surface area (Å²) in [6.07, 6.45) is 1.68. The molecule has 1 amide bonds. The average Bonchev–Trinajstić information content (AvgIpc) is 3.09. The lowest BCUT2D eigenvalue weighted by atomic mass is 10.0. The highest BCUT2D eigenvalue weighted by atomic mass is 32.1. The van der Waals surface area contributed by atoms with Gasteiger partial charge in [0.25, 0.3) is 0 Å². The fraction of sp³-hybridized carbons (Fsp3) is 0.375. The Labute approximate surface area is 138 Å². The second kappa shape index (κ2) is 7.16. The molecular formula is C16H19FN4OS. The van der Waals surface area contributed by atoms with E-state index < -0.39 is 0 Å². The van der Waals surface area contributed by atoms with Crippen molar-refractivity contribution in [3.8, 4) is 0 Å². The van der Waals surface area contributed by atoms with Gasteiger partial charge in [0.15, 0.2) is 5.13 Å². The van der Waals surface area contributed by atoms with Gasteiger partial charge in [0.2, 0.25) is 5.91 Å². The van der Waals surface area contributed by atoms with Gasteiger partial charge in [-0.2, -0.15) is 0 Å². The maximum absolute atomic E-state index is 13.5. The molecule has 2 aromatic rings. The molecule has 1 aromatic heterocycles. The third-order valence-electron chi connectivity index (χ3n) is 4.01. The van der Waals surface area contributed by atoms with Crippen LogP contribution in [0.5, 0.6) is 0 Å². The number of likely N-dealkylation sites (N-methyl/N-ethyl adjacent to an activating group) is 1. The lowest BCUT2D eigenvalue weighted by molar-refractivity contribution is -0.120. The van der Waals surface area contributed by atoms with E-state index in [0.717, 1.165) is 18.7 Å². The van der Waals surface area contributed by atoms with Gasteiger partial charge in [-0.15, -0.1) is 11.3 Å². The molecule has 0 spiro atoms. The smallest absolute Gasteiger partial charge is 0.242 e. The predicted molar refractivity (Wildman–Crippen MR) is 89.1 cm³/mol. The van der Waals surface area contributed by atoms with Gasteiger partial charge in [-0.3, -0.25) is 14.6 Å². The Morgan fingerprint density at radius 3 is 3.17 bits per heavy atom. The zero-order valence-corrected chi connectivity index (χ0v) is 13.7. The van der Waals surface area contributed by atoms with E-state index in [1.807, 2.05) is 11.4 Å². The van der Waals surface area contributed by atoms with Crippen molar-refractivity contribution in [3.63, 3.8) is 0 Å². The van der Waals surface area contributed by atoms with Crippen LogP contribution < -0.4 is 10.2 Å². The Morgan fingerprint density at radius 1 is 1.57 bits per heavy atom. The van der Waals surface area contributed by atoms with Crippen LogP contribution in [0.4, 0.5) is 9.52 Å². The van der Waals surface area contributed by atoms with Crippen LogP contribution in [0, 0.1) is 5.82 Å². The van der Waals surface area contributed by atoms with E-state index in [-0.39, 0.29) is 17.8 Å². The molecule has 0 bridgehead atoms. The van der Waals surface area contributed by atoms with Gasteiger partial charge in [0.05, 0.1) is 6.54 Å². The van der Waals surface area contributed by atoms with Crippen molar-refractivity contribution < 1.29 is 9.18 Å². The first-order valence-corrected chi connectivity index (χ1v) is 8.39. The topological polar surface area (TPSA) is 48.5 Å². The number of rotatable bonds is 4. The van der Waals surface area contributed by atoms with Crippen molar-refractivity contribution in [2.45, 2.75) is 6.04 Å². The molecule has 0 aliphatic carbocycles. The van der Waals surface area contributed by atoms with E-state index in [1.165, 1.54) is 17.4 Å². The molecule has 2 heterocycles. The third kappa shape index (κ3) is 3.74. The minimum atomic E-state index is -0.251. The zero-order valence-electron chi connectivity index (χ0n) is 12.9. The summed E-state index contributed by atoms with van der Waals surface area (Å²) in [7, 11) is 1.74. The lowest BCUT2D eigenvalue weighted by Gasteiger charge is -2.36. The fourth-order valence-corrected chi connectivity index (χ4v) is 3.37. The monoisotopic (exact) mass is 334 g/mol. The van der Waals surface area contributed by atoms with Crippen LogP contribution in [0.3, 0.4) is 0 Å². The van der Waals surface area contributed by atoms with Gasteiger partial charge in [0.1, 0.15) is 5.82 Å². The number of anilines is 1. The van der Waals surface area contributed by atoms with Crippen LogP contribution in [-0.2, 0) is 4.79 Å². The summed E-state index contributed by atoms with van der Waals surface area (Å²) < 4.78 is 13.5. The number of aromatic nitrogens is 1. The maximum Gasteiger partial charge on any atom is 0.242 e. The molecule has 3 rings (SSSR count). The highest BCUT2D eigenvalue weighted by molar-refractivity contribution is 7.13. The number of thiazole rings is 1. The molecule has 1 N–H and O–H groups in total. The Morgan fingerprint density at radius 2 is 2.43 bits per heavy atom. The minimum absolute atomic E-state index is 0.00639. The first-order valence-electron chi connectivity index (χ1n) is 7.51. The molecule has 7 heteroatoms. The summed E-state index contributed by atoms with van der Waals surface area (Å²) in [5, 5.41) is 5.85. The second-order valence-electron chi connectivity index (χ2n) is 5.51. The lowest BCUT2D eigenvalue weighted by Crippen LogP contribution is -2.49. The molecule has 23 heavy (non-hydrogen) atoms. The molecule has 5 nitrogen and oxygen atoms in total. The molecule has 1 fully saturated rings. The summed E-state index contributed by atoms with van der Waals surface area (Å²) in [5.74, 6) is -0.262. The number of carbonyl (C=O) groups excluding carboxylic acids is 1. The van der Waals surface area contributed by atoms with Crippen molar-refractivity contribution in [2.75, 3.05) is 38.1 Å². The molecule has 0 radical (unpaired) electrons. The first kappa shape index (κ1) is 16.0. The summed E-state index contributed by atoms with van der Waals surface area (Å²) in [6.45, 7) is 2.56. The highest BCUT2D eigenvalue weighted by Crippen LogP contribution is 2.23. The Kier molecular flexibility index (Phi) is 5.00. The van der Waals surface area contributed by atoms with E-state index in [4.69, 9.17) is 0 Å². The number of carbonyl (C=O) groups is 1. The van der Waals surface area contributed by atoms with Gasteiger partial charge < -0.3 is 5.32 Å². The van der Waals surface area contributed by atoms with Crippen molar-refractivity contribution in [3.05, 3.63) is 47.2 Å². The van der Waals surface area contributed by atoms with Crippen LogP contribution in [0.15, 0.2) is 35.8 Å². The number of hydrogen-bond acceptors (Lipinski definition) is 5. The molecule has 1 aliphatic rings. The van der Waals surface area contributed by atoms with Gasteiger partial charge in [-0.1, -0.05) is 12.1 Å². The largest absolute Gasteiger partial charge is 0.314 e. The quantitative estimate of drug-likeness (QED) is 0.928. The average molecular weight is 334 g/mol. The molecule has 1 saturated heterocycles. The second-order valence-corrected chi connectivity index (χ2v) is 6.39.